The summed E-state index contributed by atoms with van der Waals surface area (Å²) in [6.45, 7) is 1.59. The molecule has 98 valence electrons. The van der Waals surface area contributed by atoms with Crippen LogP contribution in [0, 0.1) is 18.6 Å². The van der Waals surface area contributed by atoms with Crippen molar-refractivity contribution >= 4 is 5.78 Å². The van der Waals surface area contributed by atoms with Gasteiger partial charge in [0.15, 0.2) is 24.0 Å². The lowest BCUT2D eigenvalue weighted by Crippen LogP contribution is -2.12. The summed E-state index contributed by atoms with van der Waals surface area (Å²) in [5, 5.41) is 0. The van der Waals surface area contributed by atoms with Crippen molar-refractivity contribution in [2.24, 2.45) is 0 Å². The molecule has 0 aromatic heterocycles. The molecule has 0 atom stereocenters. The Labute approximate surface area is 109 Å². The first-order valence-corrected chi connectivity index (χ1v) is 5.74. The third kappa shape index (κ3) is 3.37. The van der Waals surface area contributed by atoms with Crippen molar-refractivity contribution in [2.75, 3.05) is 6.61 Å². The highest BCUT2D eigenvalue weighted by Gasteiger charge is 2.10. The van der Waals surface area contributed by atoms with Crippen molar-refractivity contribution in [3.05, 3.63) is 65.2 Å². The number of aryl methyl sites for hydroxylation is 1. The highest BCUT2D eigenvalue weighted by Crippen LogP contribution is 2.18. The predicted molar refractivity (Wildman–Crippen MR) is 67.4 cm³/mol. The summed E-state index contributed by atoms with van der Waals surface area (Å²) in [5.41, 5.74) is 1.46. The van der Waals surface area contributed by atoms with Crippen molar-refractivity contribution in [3.63, 3.8) is 0 Å². The molecule has 2 aromatic rings. The first-order valence-electron chi connectivity index (χ1n) is 5.74. The van der Waals surface area contributed by atoms with E-state index in [1.807, 2.05) is 13.0 Å². The van der Waals surface area contributed by atoms with Crippen molar-refractivity contribution in [1.29, 1.82) is 0 Å². The molecule has 4 heteroatoms. The van der Waals surface area contributed by atoms with E-state index >= 15 is 0 Å². The van der Waals surface area contributed by atoms with Crippen LogP contribution in [0.15, 0.2) is 42.5 Å². The summed E-state index contributed by atoms with van der Waals surface area (Å²) in [4.78, 5) is 11.8. The summed E-state index contributed by atoms with van der Waals surface area (Å²) in [6, 6.07) is 9.99. The Kier molecular flexibility index (Phi) is 3.90. The van der Waals surface area contributed by atoms with Gasteiger partial charge in [-0.05, 0) is 25.1 Å². The molecule has 0 saturated carbocycles. The Bertz CT molecular complexity index is 609. The molecule has 0 amide bonds. The van der Waals surface area contributed by atoms with Crippen LogP contribution < -0.4 is 4.74 Å². The van der Waals surface area contributed by atoms with Crippen LogP contribution >= 0.6 is 0 Å². The number of halogens is 2. The largest absolute Gasteiger partial charge is 0.482 e. The van der Waals surface area contributed by atoms with Gasteiger partial charge in [0, 0.05) is 11.6 Å². The van der Waals surface area contributed by atoms with Crippen molar-refractivity contribution in [1.82, 2.24) is 0 Å². The Morgan fingerprint density at radius 2 is 1.95 bits per heavy atom. The summed E-state index contributed by atoms with van der Waals surface area (Å²) >= 11 is 0. The smallest absolute Gasteiger partial charge is 0.200 e. The van der Waals surface area contributed by atoms with E-state index < -0.39 is 11.6 Å². The molecule has 0 aliphatic carbocycles. The van der Waals surface area contributed by atoms with Gasteiger partial charge >= 0.3 is 0 Å². The van der Waals surface area contributed by atoms with Gasteiger partial charge in [-0.25, -0.2) is 8.78 Å². The predicted octanol–water partition coefficient (Wildman–Crippen LogP) is 3.53. The van der Waals surface area contributed by atoms with Gasteiger partial charge in [-0.2, -0.15) is 0 Å². The first kappa shape index (κ1) is 13.2. The van der Waals surface area contributed by atoms with E-state index in [0.717, 1.165) is 17.7 Å². The second-order valence-corrected chi connectivity index (χ2v) is 4.16. The summed E-state index contributed by atoms with van der Waals surface area (Å²) in [5.74, 6) is -1.90. The third-order valence-corrected chi connectivity index (χ3v) is 2.59. The van der Waals surface area contributed by atoms with Crippen LogP contribution in [-0.4, -0.2) is 12.4 Å². The van der Waals surface area contributed by atoms with E-state index in [0.29, 0.717) is 11.6 Å². The minimum atomic E-state index is -0.822. The number of carbonyl (C=O) groups is 1. The van der Waals surface area contributed by atoms with Gasteiger partial charge in [-0.15, -0.1) is 0 Å². The average molecular weight is 262 g/mol. The van der Waals surface area contributed by atoms with Crippen LogP contribution in [0.5, 0.6) is 5.75 Å². The normalized spacial score (nSPS) is 10.3. The highest BCUT2D eigenvalue weighted by atomic mass is 19.1. The molecule has 2 aromatic carbocycles. The number of hydrogen-bond donors (Lipinski definition) is 0. The molecular formula is C15H12F2O2. The molecule has 0 fully saturated rings. The van der Waals surface area contributed by atoms with Gasteiger partial charge in [-0.3, -0.25) is 4.79 Å². The monoisotopic (exact) mass is 262 g/mol. The minimum absolute atomic E-state index is 0.137. The zero-order valence-corrected chi connectivity index (χ0v) is 10.3. The quantitative estimate of drug-likeness (QED) is 0.788. The number of rotatable bonds is 4. The topological polar surface area (TPSA) is 26.3 Å². The van der Waals surface area contributed by atoms with Crippen LogP contribution in [0.25, 0.3) is 0 Å². The highest BCUT2D eigenvalue weighted by molar-refractivity contribution is 5.97. The number of ether oxygens (including phenoxy) is 1. The van der Waals surface area contributed by atoms with Crippen LogP contribution in [0.4, 0.5) is 8.78 Å². The van der Waals surface area contributed by atoms with E-state index in [4.69, 9.17) is 4.74 Å². The van der Waals surface area contributed by atoms with Gasteiger partial charge in [0.1, 0.15) is 5.82 Å². The molecule has 0 radical (unpaired) electrons. The minimum Gasteiger partial charge on any atom is -0.482 e. The third-order valence-electron chi connectivity index (χ3n) is 2.59. The van der Waals surface area contributed by atoms with Crippen LogP contribution in [-0.2, 0) is 0 Å². The Hall–Kier alpha value is -2.23. The number of carbonyl (C=O) groups excluding carboxylic acids is 1. The zero-order valence-electron chi connectivity index (χ0n) is 10.3. The molecular weight excluding hydrogens is 250 g/mol. The van der Waals surface area contributed by atoms with Gasteiger partial charge in [-0.1, -0.05) is 23.8 Å². The average Bonchev–Trinajstić information content (AvgIpc) is 2.37. The second-order valence-electron chi connectivity index (χ2n) is 4.16. The SMILES string of the molecule is Cc1cccc(C(=O)COc2ccc(F)cc2F)c1. The fraction of sp³-hybridized carbons (Fsp3) is 0.133. The molecule has 2 rings (SSSR count). The van der Waals surface area contributed by atoms with Gasteiger partial charge in [0.25, 0.3) is 0 Å². The van der Waals surface area contributed by atoms with Crippen molar-refractivity contribution in [3.8, 4) is 5.75 Å². The fourth-order valence-electron chi connectivity index (χ4n) is 1.64. The molecule has 0 spiro atoms. The molecule has 0 unspecified atom stereocenters. The van der Waals surface area contributed by atoms with E-state index in [1.165, 1.54) is 0 Å². The Morgan fingerprint density at radius 1 is 1.16 bits per heavy atom. The standard InChI is InChI=1S/C15H12F2O2/c1-10-3-2-4-11(7-10)14(18)9-19-15-6-5-12(16)8-13(15)17/h2-8H,9H2,1H3. The summed E-state index contributed by atoms with van der Waals surface area (Å²) in [6.07, 6.45) is 0. The molecule has 0 aliphatic rings. The van der Waals surface area contributed by atoms with E-state index in [1.54, 1.807) is 18.2 Å². The number of Topliss-reactive ketones (excluding diaryl/α,β-unsaturated/α-hetero) is 1. The number of hydrogen-bond acceptors (Lipinski definition) is 2. The van der Waals surface area contributed by atoms with Gasteiger partial charge in [0.05, 0.1) is 0 Å². The lowest BCUT2D eigenvalue weighted by Gasteiger charge is -2.07. The molecule has 0 bridgehead atoms. The molecule has 0 N–H and O–H groups in total. The Balaban J connectivity index is 2.04. The molecule has 2 nitrogen and oxygen atoms in total. The first-order chi connectivity index (χ1) is 9.06. The zero-order chi connectivity index (χ0) is 13.8. The van der Waals surface area contributed by atoms with E-state index in [2.05, 4.69) is 0 Å². The molecule has 0 heterocycles. The number of ketones is 1. The Morgan fingerprint density at radius 3 is 2.63 bits per heavy atom. The van der Waals surface area contributed by atoms with Crippen LogP contribution in [0.1, 0.15) is 15.9 Å². The van der Waals surface area contributed by atoms with Gasteiger partial charge in [0.2, 0.25) is 0 Å². The fourth-order valence-corrected chi connectivity index (χ4v) is 1.64. The van der Waals surface area contributed by atoms with E-state index in [9.17, 15) is 13.6 Å². The summed E-state index contributed by atoms with van der Waals surface area (Å²) < 4.78 is 31.0. The maximum atomic E-state index is 13.3. The maximum absolute atomic E-state index is 13.3. The maximum Gasteiger partial charge on any atom is 0.200 e. The van der Waals surface area contributed by atoms with Crippen molar-refractivity contribution in [2.45, 2.75) is 6.92 Å². The second kappa shape index (κ2) is 5.61. The van der Waals surface area contributed by atoms with Gasteiger partial charge < -0.3 is 4.74 Å². The van der Waals surface area contributed by atoms with Crippen LogP contribution in [0.3, 0.4) is 0 Å². The lowest BCUT2D eigenvalue weighted by atomic mass is 10.1. The molecule has 0 aliphatic heterocycles. The van der Waals surface area contributed by atoms with E-state index in [-0.39, 0.29) is 18.1 Å². The summed E-state index contributed by atoms with van der Waals surface area (Å²) in [7, 11) is 0. The molecule has 19 heavy (non-hydrogen) atoms. The molecule has 0 saturated heterocycles. The number of benzene rings is 2. The van der Waals surface area contributed by atoms with Crippen LogP contribution in [0.2, 0.25) is 0 Å². The van der Waals surface area contributed by atoms with Crippen molar-refractivity contribution < 1.29 is 18.3 Å². The lowest BCUT2D eigenvalue weighted by molar-refractivity contribution is 0.0918.